The van der Waals surface area contributed by atoms with Gasteiger partial charge in [-0.1, -0.05) is 24.3 Å². The lowest BCUT2D eigenvalue weighted by atomic mass is 10.1. The average Bonchev–Trinajstić information content (AvgIpc) is 3.27. The first kappa shape index (κ1) is 21.8. The number of carbonyl (C=O) groups excluding carboxylic acids is 1. The van der Waals surface area contributed by atoms with Crippen molar-refractivity contribution in [1.82, 2.24) is 10.6 Å². The molecule has 2 N–H and O–H groups in total. The number of urea groups is 1. The summed E-state index contributed by atoms with van der Waals surface area (Å²) in [6.07, 6.45) is 2.00. The monoisotopic (exact) mass is 410 g/mol. The molecule has 0 spiro atoms. The molecule has 3 rings (SSSR count). The van der Waals surface area contributed by atoms with Gasteiger partial charge in [0.05, 0.1) is 7.11 Å². The van der Waals surface area contributed by atoms with Crippen LogP contribution in [0, 0.1) is 5.92 Å². The van der Waals surface area contributed by atoms with E-state index in [2.05, 4.69) is 63.8 Å². The number of nitrogens with zero attached hydrogens (tertiary/aromatic N) is 2. The van der Waals surface area contributed by atoms with Crippen molar-refractivity contribution in [3.05, 3.63) is 54.6 Å². The van der Waals surface area contributed by atoms with Gasteiger partial charge in [-0.15, -0.1) is 0 Å². The predicted octanol–water partition coefficient (Wildman–Crippen LogP) is 3.74. The minimum absolute atomic E-state index is 0.0717. The fourth-order valence-electron chi connectivity index (χ4n) is 3.92. The van der Waals surface area contributed by atoms with E-state index < -0.39 is 0 Å². The number of anilines is 2. The molecule has 1 fully saturated rings. The summed E-state index contributed by atoms with van der Waals surface area (Å²) in [7, 11) is 1.69. The first-order chi connectivity index (χ1) is 14.7. The Kier molecular flexibility index (Phi) is 8.24. The maximum Gasteiger partial charge on any atom is 0.314 e. The molecule has 0 bridgehead atoms. The molecule has 0 aromatic heterocycles. The van der Waals surface area contributed by atoms with E-state index in [9.17, 15) is 4.79 Å². The fourth-order valence-corrected chi connectivity index (χ4v) is 3.92. The molecular formula is C24H34N4O2. The van der Waals surface area contributed by atoms with E-state index >= 15 is 0 Å². The molecular weight excluding hydrogens is 376 g/mol. The molecule has 1 aliphatic heterocycles. The highest BCUT2D eigenvalue weighted by Crippen LogP contribution is 2.26. The van der Waals surface area contributed by atoms with Crippen LogP contribution in [-0.2, 0) is 0 Å². The Labute approximate surface area is 180 Å². The number of benzene rings is 2. The van der Waals surface area contributed by atoms with Crippen LogP contribution >= 0.6 is 0 Å². The summed E-state index contributed by atoms with van der Waals surface area (Å²) in [6, 6.07) is 18.5. The number of ether oxygens (including phenoxy) is 1. The van der Waals surface area contributed by atoms with Crippen molar-refractivity contribution in [2.24, 2.45) is 5.92 Å². The number of carbonyl (C=O) groups is 1. The third-order valence-corrected chi connectivity index (χ3v) is 5.65. The molecule has 2 aromatic carbocycles. The molecule has 0 aliphatic carbocycles. The maximum atomic E-state index is 12.2. The fraction of sp³-hybridized carbons (Fsp3) is 0.458. The zero-order valence-corrected chi connectivity index (χ0v) is 18.1. The molecule has 0 saturated carbocycles. The zero-order chi connectivity index (χ0) is 21.2. The van der Waals surface area contributed by atoms with Crippen molar-refractivity contribution >= 4 is 17.4 Å². The van der Waals surface area contributed by atoms with Crippen LogP contribution in [-0.4, -0.2) is 52.4 Å². The molecule has 30 heavy (non-hydrogen) atoms. The number of methoxy groups -OCH3 is 1. The third kappa shape index (κ3) is 6.31. The van der Waals surface area contributed by atoms with Crippen LogP contribution in [0.4, 0.5) is 16.2 Å². The third-order valence-electron chi connectivity index (χ3n) is 5.65. The van der Waals surface area contributed by atoms with Crippen LogP contribution in [0.15, 0.2) is 54.6 Å². The molecule has 2 amide bonds. The highest BCUT2D eigenvalue weighted by Gasteiger charge is 2.23. The van der Waals surface area contributed by atoms with Gasteiger partial charge in [0.25, 0.3) is 0 Å². The highest BCUT2D eigenvalue weighted by atomic mass is 16.5. The summed E-state index contributed by atoms with van der Waals surface area (Å²) in [5.41, 5.74) is 2.41. The predicted molar refractivity (Wildman–Crippen MR) is 124 cm³/mol. The van der Waals surface area contributed by atoms with Crippen molar-refractivity contribution in [3.63, 3.8) is 0 Å². The summed E-state index contributed by atoms with van der Waals surface area (Å²) in [5, 5.41) is 6.03. The second-order valence-corrected chi connectivity index (χ2v) is 7.71. The standard InChI is InChI=1S/C24H34N4O2/c1-3-27(21-9-5-4-6-10-21)15-8-14-25-24(29)26-18-20-13-16-28(19-20)22-11-7-12-23(17-22)30-2/h4-7,9-12,17,20H,3,8,13-16,18-19H2,1-2H3,(H2,25,26,29). The van der Waals surface area contributed by atoms with Gasteiger partial charge in [0.1, 0.15) is 5.75 Å². The van der Waals surface area contributed by atoms with Gasteiger partial charge in [-0.2, -0.15) is 0 Å². The Morgan fingerprint density at radius 3 is 2.77 bits per heavy atom. The Hall–Kier alpha value is -2.89. The Morgan fingerprint density at radius 1 is 1.17 bits per heavy atom. The van der Waals surface area contributed by atoms with Crippen LogP contribution in [0.25, 0.3) is 0 Å². The number of para-hydroxylation sites is 1. The lowest BCUT2D eigenvalue weighted by Gasteiger charge is -2.23. The second kappa shape index (κ2) is 11.3. The number of rotatable bonds is 10. The first-order valence-electron chi connectivity index (χ1n) is 10.9. The molecule has 1 aliphatic rings. The van der Waals surface area contributed by atoms with Gasteiger partial charge < -0.3 is 25.2 Å². The highest BCUT2D eigenvalue weighted by molar-refractivity contribution is 5.73. The lowest BCUT2D eigenvalue weighted by Crippen LogP contribution is -2.40. The minimum Gasteiger partial charge on any atom is -0.497 e. The molecule has 1 atom stereocenters. The Morgan fingerprint density at radius 2 is 2.00 bits per heavy atom. The zero-order valence-electron chi connectivity index (χ0n) is 18.1. The van der Waals surface area contributed by atoms with Gasteiger partial charge in [0.2, 0.25) is 0 Å². The van der Waals surface area contributed by atoms with Crippen LogP contribution in [0.3, 0.4) is 0 Å². The van der Waals surface area contributed by atoms with Gasteiger partial charge in [-0.25, -0.2) is 4.79 Å². The number of hydrogen-bond acceptors (Lipinski definition) is 4. The van der Waals surface area contributed by atoms with Gasteiger partial charge in [-0.3, -0.25) is 0 Å². The lowest BCUT2D eigenvalue weighted by molar-refractivity contribution is 0.239. The van der Waals surface area contributed by atoms with Crippen LogP contribution in [0.1, 0.15) is 19.8 Å². The summed E-state index contributed by atoms with van der Waals surface area (Å²) in [5.74, 6) is 1.35. The van der Waals surface area contributed by atoms with E-state index in [0.717, 1.165) is 44.8 Å². The van der Waals surface area contributed by atoms with Crippen molar-refractivity contribution in [1.29, 1.82) is 0 Å². The van der Waals surface area contributed by atoms with E-state index in [1.165, 1.54) is 11.4 Å². The molecule has 1 heterocycles. The summed E-state index contributed by atoms with van der Waals surface area (Å²) in [4.78, 5) is 16.8. The number of hydrogen-bond donors (Lipinski definition) is 2. The average molecular weight is 411 g/mol. The van der Waals surface area contributed by atoms with Crippen LogP contribution in [0.5, 0.6) is 5.75 Å². The minimum atomic E-state index is -0.0717. The molecule has 6 heteroatoms. The largest absolute Gasteiger partial charge is 0.497 e. The molecule has 2 aromatic rings. The number of nitrogens with one attached hydrogen (secondary N) is 2. The summed E-state index contributed by atoms with van der Waals surface area (Å²) in [6.45, 7) is 7.39. The maximum absolute atomic E-state index is 12.2. The van der Waals surface area contributed by atoms with Crippen molar-refractivity contribution in [2.45, 2.75) is 19.8 Å². The smallest absolute Gasteiger partial charge is 0.314 e. The molecule has 1 saturated heterocycles. The van der Waals surface area contributed by atoms with Crippen molar-refractivity contribution in [3.8, 4) is 5.75 Å². The Bertz CT molecular complexity index is 784. The molecule has 162 valence electrons. The molecule has 6 nitrogen and oxygen atoms in total. The van der Waals surface area contributed by atoms with E-state index in [4.69, 9.17) is 4.74 Å². The van der Waals surface area contributed by atoms with Gasteiger partial charge in [0, 0.05) is 56.7 Å². The van der Waals surface area contributed by atoms with E-state index in [1.54, 1.807) is 7.11 Å². The Balaban J connectivity index is 1.32. The van der Waals surface area contributed by atoms with Gasteiger partial charge >= 0.3 is 6.03 Å². The summed E-state index contributed by atoms with van der Waals surface area (Å²) >= 11 is 0. The van der Waals surface area contributed by atoms with Crippen molar-refractivity contribution < 1.29 is 9.53 Å². The topological polar surface area (TPSA) is 56.8 Å². The van der Waals surface area contributed by atoms with E-state index in [-0.39, 0.29) is 6.03 Å². The van der Waals surface area contributed by atoms with E-state index in [1.807, 2.05) is 18.2 Å². The van der Waals surface area contributed by atoms with Crippen LogP contribution < -0.4 is 25.2 Å². The van der Waals surface area contributed by atoms with Gasteiger partial charge in [0.15, 0.2) is 0 Å². The van der Waals surface area contributed by atoms with Crippen molar-refractivity contribution in [2.75, 3.05) is 56.2 Å². The molecule has 0 radical (unpaired) electrons. The second-order valence-electron chi connectivity index (χ2n) is 7.71. The van der Waals surface area contributed by atoms with E-state index in [0.29, 0.717) is 19.0 Å². The first-order valence-corrected chi connectivity index (χ1v) is 10.9. The quantitative estimate of drug-likeness (QED) is 0.586. The van der Waals surface area contributed by atoms with Crippen LogP contribution in [0.2, 0.25) is 0 Å². The number of amides is 2. The normalized spacial score (nSPS) is 15.7. The molecule has 1 unspecified atom stereocenters. The van der Waals surface area contributed by atoms with Gasteiger partial charge in [-0.05, 0) is 49.9 Å². The summed E-state index contributed by atoms with van der Waals surface area (Å²) < 4.78 is 5.32. The SMILES string of the molecule is CCN(CCCNC(=O)NCC1CCN(c2cccc(OC)c2)C1)c1ccccc1.